The number of rotatable bonds is 10. The van der Waals surface area contributed by atoms with Gasteiger partial charge in [-0.05, 0) is 96.5 Å². The third-order valence-electron chi connectivity index (χ3n) is 8.01. The molecule has 2 aromatic rings. The summed E-state index contributed by atoms with van der Waals surface area (Å²) in [5.41, 5.74) is -0.00000924. The van der Waals surface area contributed by atoms with Gasteiger partial charge in [0.1, 0.15) is 17.7 Å². The van der Waals surface area contributed by atoms with E-state index >= 15 is 0 Å². The van der Waals surface area contributed by atoms with Gasteiger partial charge in [-0.2, -0.15) is 18.2 Å². The zero-order valence-corrected chi connectivity index (χ0v) is 25.9. The van der Waals surface area contributed by atoms with Gasteiger partial charge in [0, 0.05) is 36.1 Å². The number of carbonyl (C=O) groups excluding carboxylic acids is 2. The third kappa shape index (κ3) is 10.8. The van der Waals surface area contributed by atoms with E-state index in [-0.39, 0.29) is 17.7 Å². The number of carbonyl (C=O) groups is 2. The molecule has 0 bridgehead atoms. The van der Waals surface area contributed by atoms with Crippen LogP contribution in [0.15, 0.2) is 30.5 Å². The Labute approximate surface area is 253 Å². The number of aromatic nitrogens is 2. The molecule has 2 unspecified atom stereocenters. The number of amides is 1. The fraction of sp³-hybridized carbons (Fsp3) is 0.613. The zero-order chi connectivity index (χ0) is 31.6. The molecule has 1 aliphatic heterocycles. The van der Waals surface area contributed by atoms with E-state index in [1.54, 1.807) is 24.3 Å². The molecule has 3 N–H and O–H groups in total. The van der Waals surface area contributed by atoms with E-state index < -0.39 is 23.7 Å². The Balaban J connectivity index is 0.000000428. The lowest BCUT2D eigenvalue weighted by Crippen LogP contribution is -2.40. The first-order chi connectivity index (χ1) is 20.4. The molecule has 238 valence electrons. The molecule has 1 aromatic carbocycles. The quantitative estimate of drug-likeness (QED) is 0.308. The number of nitrogens with zero attached hydrogens (tertiary/aromatic N) is 4. The number of aldehydes is 1. The van der Waals surface area contributed by atoms with Crippen molar-refractivity contribution in [2.45, 2.75) is 70.6 Å². The molecule has 0 spiro atoms. The first kappa shape index (κ1) is 34.2. The summed E-state index contributed by atoms with van der Waals surface area (Å²) in [5, 5.41) is 8.62. The standard InChI is InChI=1S/C23H28F3N5O2.C8H18N2/c1-14(2)10-11-27-21(33)17-4-3-5-19(17)30-20-18(23(24,25)26)12-28-22(31-20)29-16-8-6-15(13-32)7-9-16;1-9(2)8-4-6-10(3)7-5-8/h6-9,12-14,17,19H,3-5,10-11H2,1-2H3,(H,27,33)(H2,28,29,30,31);8H,4-7H2,1-3H3. The van der Waals surface area contributed by atoms with Crippen molar-refractivity contribution in [3.63, 3.8) is 0 Å². The molecular formula is C31H46F3N7O2. The molecule has 2 aliphatic rings. The smallest absolute Gasteiger partial charge is 0.366 e. The van der Waals surface area contributed by atoms with E-state index in [0.717, 1.165) is 25.1 Å². The molecular weight excluding hydrogens is 559 g/mol. The lowest BCUT2D eigenvalue weighted by molar-refractivity contribution is -0.137. The highest BCUT2D eigenvalue weighted by Crippen LogP contribution is 2.36. The summed E-state index contributed by atoms with van der Waals surface area (Å²) >= 11 is 0. The molecule has 12 heteroatoms. The third-order valence-corrected chi connectivity index (χ3v) is 8.01. The molecule has 4 rings (SSSR count). The van der Waals surface area contributed by atoms with Gasteiger partial charge < -0.3 is 25.8 Å². The van der Waals surface area contributed by atoms with Crippen molar-refractivity contribution < 1.29 is 22.8 Å². The van der Waals surface area contributed by atoms with Crippen molar-refractivity contribution in [2.24, 2.45) is 11.8 Å². The molecule has 2 heterocycles. The van der Waals surface area contributed by atoms with Crippen LogP contribution in [0.2, 0.25) is 0 Å². The molecule has 9 nitrogen and oxygen atoms in total. The second-order valence-corrected chi connectivity index (χ2v) is 12.1. The van der Waals surface area contributed by atoms with Gasteiger partial charge in [0.25, 0.3) is 0 Å². The number of nitrogens with one attached hydrogen (secondary N) is 3. The fourth-order valence-corrected chi connectivity index (χ4v) is 5.28. The number of hydrogen-bond donors (Lipinski definition) is 3. The summed E-state index contributed by atoms with van der Waals surface area (Å²) < 4.78 is 40.8. The Bertz CT molecular complexity index is 1170. The minimum absolute atomic E-state index is 0.0275. The van der Waals surface area contributed by atoms with E-state index in [2.05, 4.69) is 70.7 Å². The van der Waals surface area contributed by atoms with Gasteiger partial charge in [-0.15, -0.1) is 0 Å². The molecule has 1 saturated carbocycles. The van der Waals surface area contributed by atoms with Gasteiger partial charge in [0.15, 0.2) is 0 Å². The van der Waals surface area contributed by atoms with E-state index in [1.807, 2.05) is 0 Å². The summed E-state index contributed by atoms with van der Waals surface area (Å²) in [6.45, 7) is 7.19. The van der Waals surface area contributed by atoms with Crippen LogP contribution in [-0.2, 0) is 11.0 Å². The van der Waals surface area contributed by atoms with Crippen LogP contribution in [0.3, 0.4) is 0 Å². The van der Waals surface area contributed by atoms with Gasteiger partial charge in [-0.25, -0.2) is 4.98 Å². The minimum Gasteiger partial charge on any atom is -0.366 e. The maximum absolute atomic E-state index is 13.6. The van der Waals surface area contributed by atoms with Crippen molar-refractivity contribution in [3.05, 3.63) is 41.6 Å². The van der Waals surface area contributed by atoms with Gasteiger partial charge in [0.2, 0.25) is 11.9 Å². The maximum Gasteiger partial charge on any atom is 0.421 e. The van der Waals surface area contributed by atoms with Crippen LogP contribution in [0, 0.1) is 11.8 Å². The average Bonchev–Trinajstić information content (AvgIpc) is 3.41. The fourth-order valence-electron chi connectivity index (χ4n) is 5.28. The van der Waals surface area contributed by atoms with Crippen LogP contribution in [0.4, 0.5) is 30.6 Å². The van der Waals surface area contributed by atoms with Gasteiger partial charge in [-0.1, -0.05) is 20.3 Å². The Morgan fingerprint density at radius 3 is 2.37 bits per heavy atom. The van der Waals surface area contributed by atoms with Crippen molar-refractivity contribution in [2.75, 3.05) is 51.4 Å². The number of benzene rings is 1. The number of halogens is 3. The molecule has 1 saturated heterocycles. The van der Waals surface area contributed by atoms with Crippen LogP contribution >= 0.6 is 0 Å². The first-order valence-corrected chi connectivity index (χ1v) is 15.0. The normalized spacial score (nSPS) is 19.6. The Hall–Kier alpha value is -3.25. The number of alkyl halides is 3. The van der Waals surface area contributed by atoms with Crippen LogP contribution in [0.1, 0.15) is 68.3 Å². The zero-order valence-electron chi connectivity index (χ0n) is 25.9. The van der Waals surface area contributed by atoms with E-state index in [0.29, 0.717) is 42.8 Å². The highest BCUT2D eigenvalue weighted by atomic mass is 19.4. The van der Waals surface area contributed by atoms with Gasteiger partial charge >= 0.3 is 6.18 Å². The molecule has 2 atom stereocenters. The largest absolute Gasteiger partial charge is 0.421 e. The second kappa shape index (κ2) is 16.0. The lowest BCUT2D eigenvalue weighted by atomic mass is 10.0. The number of piperidine rings is 1. The SMILES string of the molecule is CC(C)CCNC(=O)C1CCCC1Nc1nc(Nc2ccc(C=O)cc2)ncc1C(F)(F)F.CN1CCC(N(C)C)CC1. The molecule has 1 amide bonds. The first-order valence-electron chi connectivity index (χ1n) is 15.0. The van der Waals surface area contributed by atoms with E-state index in [1.165, 1.54) is 25.9 Å². The predicted octanol–water partition coefficient (Wildman–Crippen LogP) is 5.44. The average molecular weight is 606 g/mol. The van der Waals surface area contributed by atoms with Crippen molar-refractivity contribution >= 4 is 29.6 Å². The Morgan fingerprint density at radius 1 is 1.12 bits per heavy atom. The number of anilines is 3. The molecule has 1 aromatic heterocycles. The summed E-state index contributed by atoms with van der Waals surface area (Å²) in [5.74, 6) is -0.530. The maximum atomic E-state index is 13.6. The molecule has 2 fully saturated rings. The molecule has 1 aliphatic carbocycles. The number of hydrogen-bond acceptors (Lipinski definition) is 8. The van der Waals surface area contributed by atoms with Crippen molar-refractivity contribution in [1.29, 1.82) is 0 Å². The lowest BCUT2D eigenvalue weighted by Gasteiger charge is -2.32. The second-order valence-electron chi connectivity index (χ2n) is 12.1. The van der Waals surface area contributed by atoms with Crippen LogP contribution in [0.25, 0.3) is 0 Å². The van der Waals surface area contributed by atoms with Crippen LogP contribution in [-0.4, -0.2) is 84.8 Å². The highest BCUT2D eigenvalue weighted by Gasteiger charge is 2.38. The van der Waals surface area contributed by atoms with Crippen LogP contribution in [0.5, 0.6) is 0 Å². The monoisotopic (exact) mass is 605 g/mol. The van der Waals surface area contributed by atoms with Crippen molar-refractivity contribution in [3.8, 4) is 0 Å². The number of likely N-dealkylation sites (tertiary alicyclic amines) is 1. The summed E-state index contributed by atoms with van der Waals surface area (Å²) in [4.78, 5) is 36.0. The molecule has 0 radical (unpaired) electrons. The van der Waals surface area contributed by atoms with E-state index in [9.17, 15) is 22.8 Å². The summed E-state index contributed by atoms with van der Waals surface area (Å²) in [6, 6.07) is 6.72. The Kier molecular flexibility index (Phi) is 12.7. The summed E-state index contributed by atoms with van der Waals surface area (Å²) in [7, 11) is 6.55. The Morgan fingerprint density at radius 2 is 1.79 bits per heavy atom. The predicted molar refractivity (Wildman–Crippen MR) is 164 cm³/mol. The minimum atomic E-state index is -4.65. The van der Waals surface area contributed by atoms with E-state index in [4.69, 9.17) is 0 Å². The van der Waals surface area contributed by atoms with Gasteiger partial charge in [0.05, 0.1) is 5.92 Å². The summed E-state index contributed by atoms with van der Waals surface area (Å²) in [6.07, 6.45) is 2.18. The topological polar surface area (TPSA) is 102 Å². The molecule has 43 heavy (non-hydrogen) atoms. The van der Waals surface area contributed by atoms with Crippen molar-refractivity contribution in [1.82, 2.24) is 25.1 Å². The highest BCUT2D eigenvalue weighted by molar-refractivity contribution is 5.80. The van der Waals surface area contributed by atoms with Gasteiger partial charge in [-0.3, -0.25) is 9.59 Å². The van der Waals surface area contributed by atoms with Crippen LogP contribution < -0.4 is 16.0 Å².